The molecule has 0 bridgehead atoms. The molecule has 3 aromatic rings. The second kappa shape index (κ2) is 5.88. The third kappa shape index (κ3) is 2.69. The van der Waals surface area contributed by atoms with E-state index in [1.807, 2.05) is 37.4 Å². The number of aryl methyl sites for hydroxylation is 1. The van der Waals surface area contributed by atoms with E-state index in [-0.39, 0.29) is 0 Å². The summed E-state index contributed by atoms with van der Waals surface area (Å²) in [4.78, 5) is 0.897. The Bertz CT molecular complexity index is 845. The van der Waals surface area contributed by atoms with Crippen molar-refractivity contribution in [2.75, 3.05) is 0 Å². The lowest BCUT2D eigenvalue weighted by atomic mass is 10.2. The lowest BCUT2D eigenvalue weighted by Gasteiger charge is -1.94. The van der Waals surface area contributed by atoms with Crippen LogP contribution in [0.15, 0.2) is 58.7 Å². The van der Waals surface area contributed by atoms with Gasteiger partial charge in [-0.2, -0.15) is 5.10 Å². The lowest BCUT2D eigenvalue weighted by molar-refractivity contribution is 0.889. The van der Waals surface area contributed by atoms with Crippen molar-refractivity contribution in [3.05, 3.63) is 62.5 Å². The SMILES string of the molecule is Cn1/c(=N/N=C/c2ccccc2I)sc2ccccc21. The third-order valence-electron chi connectivity index (χ3n) is 2.96. The first kappa shape index (κ1) is 13.5. The molecule has 2 aromatic carbocycles. The molecule has 1 aromatic heterocycles. The number of fused-ring (bicyclic) bond motifs is 1. The van der Waals surface area contributed by atoms with E-state index in [0.717, 1.165) is 10.4 Å². The highest BCUT2D eigenvalue weighted by molar-refractivity contribution is 14.1. The highest BCUT2D eigenvalue weighted by Gasteiger charge is 2.00. The molecule has 20 heavy (non-hydrogen) atoms. The molecule has 100 valence electrons. The Morgan fingerprint density at radius 1 is 1.10 bits per heavy atom. The Labute approximate surface area is 134 Å². The van der Waals surface area contributed by atoms with Gasteiger partial charge >= 0.3 is 0 Å². The minimum Gasteiger partial charge on any atom is -0.318 e. The van der Waals surface area contributed by atoms with Crippen molar-refractivity contribution in [1.29, 1.82) is 0 Å². The van der Waals surface area contributed by atoms with E-state index in [9.17, 15) is 0 Å². The van der Waals surface area contributed by atoms with Crippen LogP contribution in [0.5, 0.6) is 0 Å². The monoisotopic (exact) mass is 393 g/mol. The number of hydrogen-bond donors (Lipinski definition) is 0. The largest absolute Gasteiger partial charge is 0.318 e. The van der Waals surface area contributed by atoms with Gasteiger partial charge in [0.05, 0.1) is 16.4 Å². The van der Waals surface area contributed by atoms with Crippen LogP contribution in [0.1, 0.15) is 5.56 Å². The van der Waals surface area contributed by atoms with Gasteiger partial charge < -0.3 is 4.57 Å². The highest BCUT2D eigenvalue weighted by Crippen LogP contribution is 2.15. The minimum absolute atomic E-state index is 0.897. The summed E-state index contributed by atoms with van der Waals surface area (Å²) in [5.74, 6) is 0. The van der Waals surface area contributed by atoms with Crippen molar-refractivity contribution >= 4 is 50.4 Å². The smallest absolute Gasteiger partial charge is 0.211 e. The molecular weight excluding hydrogens is 381 g/mol. The quantitative estimate of drug-likeness (QED) is 0.361. The van der Waals surface area contributed by atoms with E-state index in [1.165, 1.54) is 13.8 Å². The topological polar surface area (TPSA) is 29.6 Å². The molecule has 3 nitrogen and oxygen atoms in total. The van der Waals surface area contributed by atoms with Crippen molar-refractivity contribution in [2.24, 2.45) is 17.3 Å². The fraction of sp³-hybridized carbons (Fsp3) is 0.0667. The standard InChI is InChI=1S/C15H12IN3S/c1-19-13-8-4-5-9-14(13)20-15(19)18-17-10-11-6-2-3-7-12(11)16/h2-10H,1H3/b17-10+,18-15-. The fourth-order valence-corrected chi connectivity index (χ4v) is 3.40. The number of aromatic nitrogens is 1. The average molecular weight is 393 g/mol. The van der Waals surface area contributed by atoms with Gasteiger partial charge in [-0.15, -0.1) is 5.10 Å². The number of halogens is 1. The van der Waals surface area contributed by atoms with Crippen LogP contribution in [0.3, 0.4) is 0 Å². The summed E-state index contributed by atoms with van der Waals surface area (Å²) in [6.45, 7) is 0. The van der Waals surface area contributed by atoms with E-state index >= 15 is 0 Å². The van der Waals surface area contributed by atoms with Gasteiger partial charge in [0.2, 0.25) is 4.80 Å². The molecule has 0 unspecified atom stereocenters. The number of hydrogen-bond acceptors (Lipinski definition) is 3. The van der Waals surface area contributed by atoms with Gasteiger partial charge in [-0.25, -0.2) is 0 Å². The van der Waals surface area contributed by atoms with Gasteiger partial charge in [0, 0.05) is 16.2 Å². The molecule has 1 heterocycles. The molecular formula is C15H12IN3S. The number of rotatable bonds is 2. The fourth-order valence-electron chi connectivity index (χ4n) is 1.90. The van der Waals surface area contributed by atoms with Crippen LogP contribution in [0.25, 0.3) is 10.2 Å². The van der Waals surface area contributed by atoms with Crippen molar-refractivity contribution in [3.63, 3.8) is 0 Å². The molecule has 0 amide bonds. The molecule has 0 radical (unpaired) electrons. The maximum atomic E-state index is 4.33. The normalized spacial score (nSPS) is 12.6. The molecule has 0 N–H and O–H groups in total. The maximum Gasteiger partial charge on any atom is 0.211 e. The first-order chi connectivity index (χ1) is 9.75. The van der Waals surface area contributed by atoms with Gasteiger partial charge in [-0.3, -0.25) is 0 Å². The van der Waals surface area contributed by atoms with Gasteiger partial charge in [0.15, 0.2) is 0 Å². The Morgan fingerprint density at radius 2 is 1.85 bits per heavy atom. The van der Waals surface area contributed by atoms with Crippen molar-refractivity contribution < 1.29 is 0 Å². The van der Waals surface area contributed by atoms with Gasteiger partial charge in [0.1, 0.15) is 0 Å². The van der Waals surface area contributed by atoms with Crippen molar-refractivity contribution in [1.82, 2.24) is 4.57 Å². The molecule has 0 saturated heterocycles. The number of nitrogens with zero attached hydrogens (tertiary/aromatic N) is 3. The Balaban J connectivity index is 1.99. The summed E-state index contributed by atoms with van der Waals surface area (Å²) in [6, 6.07) is 16.4. The zero-order chi connectivity index (χ0) is 13.9. The summed E-state index contributed by atoms with van der Waals surface area (Å²) in [6.07, 6.45) is 1.80. The highest BCUT2D eigenvalue weighted by atomic mass is 127. The van der Waals surface area contributed by atoms with Gasteiger partial charge in [-0.1, -0.05) is 41.7 Å². The van der Waals surface area contributed by atoms with Gasteiger partial charge in [0.25, 0.3) is 0 Å². The summed E-state index contributed by atoms with van der Waals surface area (Å²) < 4.78 is 4.45. The van der Waals surface area contributed by atoms with Crippen LogP contribution in [0.2, 0.25) is 0 Å². The maximum absolute atomic E-state index is 4.33. The van der Waals surface area contributed by atoms with E-state index in [0.29, 0.717) is 0 Å². The molecule has 0 aliphatic heterocycles. The summed E-state index contributed by atoms with van der Waals surface area (Å²) >= 11 is 3.94. The number of benzene rings is 2. The van der Waals surface area contributed by atoms with E-state index in [4.69, 9.17) is 0 Å². The van der Waals surface area contributed by atoms with Crippen LogP contribution in [0.4, 0.5) is 0 Å². The minimum atomic E-state index is 0.897. The molecule has 5 heteroatoms. The zero-order valence-corrected chi connectivity index (χ0v) is 13.8. The number of para-hydroxylation sites is 1. The van der Waals surface area contributed by atoms with Crippen LogP contribution in [-0.2, 0) is 7.05 Å². The van der Waals surface area contributed by atoms with Crippen LogP contribution < -0.4 is 4.80 Å². The van der Waals surface area contributed by atoms with E-state index in [2.05, 4.69) is 55.6 Å². The van der Waals surface area contributed by atoms with Crippen molar-refractivity contribution in [3.8, 4) is 0 Å². The summed E-state index contributed by atoms with van der Waals surface area (Å²) in [5.41, 5.74) is 2.27. The molecule has 0 atom stereocenters. The molecule has 0 fully saturated rings. The zero-order valence-electron chi connectivity index (χ0n) is 10.8. The van der Waals surface area contributed by atoms with Crippen LogP contribution in [0, 0.1) is 3.57 Å². The third-order valence-corrected chi connectivity index (χ3v) is 5.05. The number of thiazole rings is 1. The molecule has 0 saturated carbocycles. The Hall–Kier alpha value is -1.47. The van der Waals surface area contributed by atoms with Crippen LogP contribution >= 0.6 is 33.9 Å². The van der Waals surface area contributed by atoms with E-state index < -0.39 is 0 Å². The Kier molecular flexibility index (Phi) is 3.98. The summed E-state index contributed by atoms with van der Waals surface area (Å²) in [7, 11) is 2.01. The average Bonchev–Trinajstić information content (AvgIpc) is 2.78. The molecule has 3 rings (SSSR count). The summed E-state index contributed by atoms with van der Waals surface area (Å²) in [5, 5.41) is 8.54. The molecule has 0 aliphatic rings. The first-order valence-corrected chi connectivity index (χ1v) is 8.01. The van der Waals surface area contributed by atoms with E-state index in [1.54, 1.807) is 17.6 Å². The van der Waals surface area contributed by atoms with Gasteiger partial charge in [-0.05, 0) is 40.8 Å². The second-order valence-electron chi connectivity index (χ2n) is 4.28. The second-order valence-corrected chi connectivity index (χ2v) is 6.45. The predicted molar refractivity (Wildman–Crippen MR) is 93.1 cm³/mol. The predicted octanol–water partition coefficient (Wildman–Crippen LogP) is 3.78. The molecule has 0 spiro atoms. The Morgan fingerprint density at radius 3 is 2.65 bits per heavy atom. The first-order valence-electron chi connectivity index (χ1n) is 6.12. The molecule has 0 aliphatic carbocycles. The van der Waals surface area contributed by atoms with Crippen LogP contribution in [-0.4, -0.2) is 10.8 Å². The lowest BCUT2D eigenvalue weighted by Crippen LogP contribution is -2.08. The van der Waals surface area contributed by atoms with Crippen molar-refractivity contribution in [2.45, 2.75) is 0 Å².